The zero-order chi connectivity index (χ0) is 32.2. The molecule has 2 heterocycles. The number of benzene rings is 2. The molecule has 0 saturated carbocycles. The molecule has 1 amide bonds. The van der Waals surface area contributed by atoms with Crippen LogP contribution >= 0.6 is 0 Å². The van der Waals surface area contributed by atoms with Crippen LogP contribution in [0.3, 0.4) is 0 Å². The summed E-state index contributed by atoms with van der Waals surface area (Å²) >= 11 is 0. The molecule has 3 aromatic rings. The number of methoxy groups -OCH3 is 1. The van der Waals surface area contributed by atoms with Gasteiger partial charge in [0.05, 0.1) is 7.11 Å². The quantitative estimate of drug-likeness (QED) is 0.293. The minimum absolute atomic E-state index is 0.175. The van der Waals surface area contributed by atoms with Gasteiger partial charge in [-0.1, -0.05) is 30.2 Å². The maximum absolute atomic E-state index is 13.8. The Hall–Kier alpha value is -5.50. The predicted octanol–water partition coefficient (Wildman–Crippen LogP) is 4.10. The van der Waals surface area contributed by atoms with E-state index in [0.717, 1.165) is 6.07 Å². The topological polar surface area (TPSA) is 160 Å². The lowest BCUT2D eigenvalue weighted by molar-refractivity contribution is -0.147. The number of hydrogen-bond donors (Lipinski definition) is 3. The third-order valence-electron chi connectivity index (χ3n) is 6.69. The first kappa shape index (κ1) is 31.4. The monoisotopic (exact) mass is 596 g/mol. The summed E-state index contributed by atoms with van der Waals surface area (Å²) < 4.78 is 10.4. The van der Waals surface area contributed by atoms with E-state index in [1.807, 2.05) is 0 Å². The Bertz CT molecular complexity index is 1800. The van der Waals surface area contributed by atoms with Crippen molar-refractivity contribution < 1.29 is 29.0 Å². The number of anilines is 1. The van der Waals surface area contributed by atoms with Crippen molar-refractivity contribution in [3.8, 4) is 28.8 Å². The van der Waals surface area contributed by atoms with Crippen LogP contribution in [0.25, 0.3) is 11.3 Å². The normalized spacial score (nSPS) is 16.3. The van der Waals surface area contributed by atoms with Gasteiger partial charge < -0.3 is 19.9 Å². The molecule has 2 aromatic carbocycles. The molecule has 0 fully saturated rings. The SMILES string of the molecule is COC(=O)C1C(C)=NC(C)=C(C(=O)Nc2ccc(-c3n[nH]c(=O)cc3O)cc2)C1c1cccc(C#CC(=O)OC(C)(C)C)c1. The van der Waals surface area contributed by atoms with Crippen LogP contribution in [-0.4, -0.2) is 51.6 Å². The molecule has 2 atom stereocenters. The van der Waals surface area contributed by atoms with Gasteiger partial charge in [-0.25, -0.2) is 9.89 Å². The average molecular weight is 597 g/mol. The van der Waals surface area contributed by atoms with E-state index in [-0.39, 0.29) is 17.0 Å². The number of allylic oxidation sites excluding steroid dienone is 1. The highest BCUT2D eigenvalue weighted by atomic mass is 16.6. The molecule has 1 aliphatic heterocycles. The molecule has 226 valence electrons. The third kappa shape index (κ3) is 7.28. The summed E-state index contributed by atoms with van der Waals surface area (Å²) in [5, 5.41) is 19.1. The summed E-state index contributed by atoms with van der Waals surface area (Å²) in [6.07, 6.45) is 0. The summed E-state index contributed by atoms with van der Waals surface area (Å²) in [6.45, 7) is 8.64. The summed E-state index contributed by atoms with van der Waals surface area (Å²) in [5.74, 6) is 1.62. The Balaban J connectivity index is 1.69. The largest absolute Gasteiger partial charge is 0.505 e. The van der Waals surface area contributed by atoms with Crippen molar-refractivity contribution in [2.24, 2.45) is 10.9 Å². The van der Waals surface area contributed by atoms with Gasteiger partial charge in [0.2, 0.25) is 0 Å². The van der Waals surface area contributed by atoms with E-state index >= 15 is 0 Å². The molecule has 2 unspecified atom stereocenters. The summed E-state index contributed by atoms with van der Waals surface area (Å²) in [7, 11) is 1.27. The van der Waals surface area contributed by atoms with Crippen LogP contribution in [0.5, 0.6) is 5.75 Å². The second kappa shape index (κ2) is 12.8. The zero-order valence-electron chi connectivity index (χ0n) is 25.1. The minimum atomic E-state index is -0.893. The molecule has 0 saturated heterocycles. The van der Waals surface area contributed by atoms with E-state index in [1.165, 1.54) is 7.11 Å². The fourth-order valence-corrected chi connectivity index (χ4v) is 4.88. The molecule has 3 N–H and O–H groups in total. The van der Waals surface area contributed by atoms with Gasteiger partial charge in [-0.05, 0) is 64.4 Å². The van der Waals surface area contributed by atoms with Gasteiger partial charge in [0, 0.05) is 51.7 Å². The van der Waals surface area contributed by atoms with Crippen LogP contribution in [0.4, 0.5) is 5.69 Å². The first-order valence-electron chi connectivity index (χ1n) is 13.7. The first-order chi connectivity index (χ1) is 20.8. The third-order valence-corrected chi connectivity index (χ3v) is 6.69. The van der Waals surface area contributed by atoms with Crippen molar-refractivity contribution in [1.29, 1.82) is 0 Å². The number of hydrogen-bond acceptors (Lipinski definition) is 9. The molecule has 44 heavy (non-hydrogen) atoms. The number of amides is 1. The minimum Gasteiger partial charge on any atom is -0.505 e. The van der Waals surface area contributed by atoms with Crippen molar-refractivity contribution >= 4 is 29.2 Å². The van der Waals surface area contributed by atoms with Crippen LogP contribution < -0.4 is 10.9 Å². The van der Waals surface area contributed by atoms with Gasteiger partial charge in [0.1, 0.15) is 23.0 Å². The van der Waals surface area contributed by atoms with Crippen molar-refractivity contribution in [2.75, 3.05) is 12.4 Å². The number of H-pyrrole nitrogens is 1. The molecule has 0 spiro atoms. The number of esters is 2. The van der Waals surface area contributed by atoms with Crippen molar-refractivity contribution in [3.05, 3.63) is 87.3 Å². The highest BCUT2D eigenvalue weighted by molar-refractivity contribution is 6.11. The van der Waals surface area contributed by atoms with Crippen molar-refractivity contribution in [2.45, 2.75) is 46.1 Å². The molecule has 1 aliphatic rings. The van der Waals surface area contributed by atoms with Crippen LogP contribution in [0, 0.1) is 17.8 Å². The number of nitrogens with zero attached hydrogens (tertiary/aromatic N) is 2. The lowest BCUT2D eigenvalue weighted by atomic mass is 9.75. The van der Waals surface area contributed by atoms with E-state index in [2.05, 4.69) is 32.3 Å². The van der Waals surface area contributed by atoms with Crippen molar-refractivity contribution in [1.82, 2.24) is 10.2 Å². The zero-order valence-corrected chi connectivity index (χ0v) is 25.1. The fourth-order valence-electron chi connectivity index (χ4n) is 4.88. The van der Waals surface area contributed by atoms with Gasteiger partial charge in [-0.2, -0.15) is 5.10 Å². The number of rotatable bonds is 5. The molecular weight excluding hydrogens is 564 g/mol. The number of aliphatic imine (C=N–C) groups is 1. The first-order valence-corrected chi connectivity index (χ1v) is 13.7. The van der Waals surface area contributed by atoms with E-state index in [1.54, 1.807) is 83.1 Å². The summed E-state index contributed by atoms with van der Waals surface area (Å²) in [4.78, 5) is 55.0. The van der Waals surface area contributed by atoms with Crippen LogP contribution in [0.15, 0.2) is 75.7 Å². The Kier molecular flexibility index (Phi) is 9.14. The molecule has 0 bridgehead atoms. The Morgan fingerprint density at radius 1 is 1.05 bits per heavy atom. The molecule has 11 nitrogen and oxygen atoms in total. The van der Waals surface area contributed by atoms with Gasteiger partial charge in [-0.3, -0.25) is 19.4 Å². The number of nitrogens with one attached hydrogen (secondary N) is 2. The Morgan fingerprint density at radius 2 is 1.75 bits per heavy atom. The maximum atomic E-state index is 13.8. The second-order valence-corrected chi connectivity index (χ2v) is 11.1. The number of aromatic amines is 1. The summed E-state index contributed by atoms with van der Waals surface area (Å²) in [6, 6.07) is 14.4. The Morgan fingerprint density at radius 3 is 2.39 bits per heavy atom. The molecule has 11 heteroatoms. The van der Waals surface area contributed by atoms with E-state index in [0.29, 0.717) is 33.8 Å². The Labute approximate surface area is 254 Å². The molecule has 0 radical (unpaired) electrons. The predicted molar refractivity (Wildman–Crippen MR) is 164 cm³/mol. The molecule has 4 rings (SSSR count). The van der Waals surface area contributed by atoms with Crippen LogP contribution in [-0.2, 0) is 23.9 Å². The summed E-state index contributed by atoms with van der Waals surface area (Å²) in [5.41, 5.74) is 2.15. The fraction of sp³-hybridized carbons (Fsp3) is 0.273. The molecule has 1 aromatic heterocycles. The maximum Gasteiger partial charge on any atom is 0.385 e. The van der Waals surface area contributed by atoms with E-state index in [4.69, 9.17) is 9.47 Å². The number of carbonyl (C=O) groups excluding carboxylic acids is 3. The van der Waals surface area contributed by atoms with Gasteiger partial charge in [0.15, 0.2) is 0 Å². The molecule has 0 aliphatic carbocycles. The number of aromatic nitrogens is 2. The van der Waals surface area contributed by atoms with E-state index < -0.39 is 40.8 Å². The smallest absolute Gasteiger partial charge is 0.385 e. The number of aromatic hydroxyl groups is 1. The second-order valence-electron chi connectivity index (χ2n) is 11.1. The van der Waals surface area contributed by atoms with Gasteiger partial charge in [0.25, 0.3) is 11.5 Å². The van der Waals surface area contributed by atoms with Gasteiger partial charge in [-0.15, -0.1) is 0 Å². The molecular formula is C33H32N4O7. The lowest BCUT2D eigenvalue weighted by Gasteiger charge is -2.31. The number of ether oxygens (including phenoxy) is 2. The van der Waals surface area contributed by atoms with Crippen molar-refractivity contribution in [3.63, 3.8) is 0 Å². The van der Waals surface area contributed by atoms with Crippen LogP contribution in [0.2, 0.25) is 0 Å². The highest BCUT2D eigenvalue weighted by Gasteiger charge is 2.41. The van der Waals surface area contributed by atoms with Crippen LogP contribution in [0.1, 0.15) is 51.7 Å². The average Bonchev–Trinajstić information content (AvgIpc) is 2.95. The van der Waals surface area contributed by atoms with E-state index in [9.17, 15) is 24.3 Å². The van der Waals surface area contributed by atoms with Gasteiger partial charge >= 0.3 is 11.9 Å². The lowest BCUT2D eigenvalue weighted by Crippen LogP contribution is -2.37. The number of carbonyl (C=O) groups is 3. The standard InChI is InChI=1S/C33H32N4O7/c1-18-27(31(41)35-23-13-11-21(12-14-23)30-24(38)17-25(39)36-37-30)29(28(19(2)34-18)32(42)43-6)22-9-7-8-20(16-22)10-15-26(40)44-33(3,4)5/h7-9,11-14,16-17,28-29H,1-6H3,(H,35,41)(H2,36,38,39). The highest BCUT2D eigenvalue weighted by Crippen LogP contribution is 2.40.